The first-order chi connectivity index (χ1) is 10.5. The monoisotopic (exact) mass is 310 g/mol. The molecule has 0 aliphatic heterocycles. The van der Waals surface area contributed by atoms with Crippen LogP contribution in [-0.2, 0) is 12.6 Å². The van der Waals surface area contributed by atoms with Crippen molar-refractivity contribution in [3.8, 4) is 11.4 Å². The lowest BCUT2D eigenvalue weighted by Crippen LogP contribution is -2.15. The largest absolute Gasteiger partial charge is 0.416 e. The van der Waals surface area contributed by atoms with Crippen LogP contribution in [0.3, 0.4) is 0 Å². The van der Waals surface area contributed by atoms with E-state index in [1.165, 1.54) is 12.1 Å². The van der Waals surface area contributed by atoms with Crippen LogP contribution in [0, 0.1) is 0 Å². The SMILES string of the molecule is CCc1nc(-c2ccc(C(F)(F)F)cc2)ncc1NCCN. The van der Waals surface area contributed by atoms with Gasteiger partial charge in [0, 0.05) is 18.7 Å². The number of aryl methyl sites for hydroxylation is 1. The molecule has 7 heteroatoms. The molecule has 4 nitrogen and oxygen atoms in total. The van der Waals surface area contributed by atoms with Crippen LogP contribution in [0.4, 0.5) is 18.9 Å². The van der Waals surface area contributed by atoms with Gasteiger partial charge in [0.05, 0.1) is 23.1 Å². The van der Waals surface area contributed by atoms with E-state index in [9.17, 15) is 13.2 Å². The maximum Gasteiger partial charge on any atom is 0.416 e. The lowest BCUT2D eigenvalue weighted by molar-refractivity contribution is -0.137. The molecule has 0 spiro atoms. The Labute approximate surface area is 126 Å². The zero-order valence-corrected chi connectivity index (χ0v) is 12.1. The summed E-state index contributed by atoms with van der Waals surface area (Å²) in [7, 11) is 0. The number of hydrogen-bond donors (Lipinski definition) is 2. The van der Waals surface area contributed by atoms with Crippen molar-refractivity contribution in [2.24, 2.45) is 5.73 Å². The molecule has 0 radical (unpaired) electrons. The summed E-state index contributed by atoms with van der Waals surface area (Å²) >= 11 is 0. The maximum atomic E-state index is 12.6. The number of hydrogen-bond acceptors (Lipinski definition) is 4. The highest BCUT2D eigenvalue weighted by molar-refractivity contribution is 5.58. The molecule has 2 rings (SSSR count). The number of halogens is 3. The Hall–Kier alpha value is -2.15. The predicted molar refractivity (Wildman–Crippen MR) is 79.4 cm³/mol. The topological polar surface area (TPSA) is 63.8 Å². The summed E-state index contributed by atoms with van der Waals surface area (Å²) in [4.78, 5) is 8.62. The van der Waals surface area contributed by atoms with Crippen molar-refractivity contribution in [3.05, 3.63) is 41.7 Å². The molecule has 1 heterocycles. The van der Waals surface area contributed by atoms with Gasteiger partial charge >= 0.3 is 6.18 Å². The van der Waals surface area contributed by atoms with Crippen LogP contribution in [0.15, 0.2) is 30.5 Å². The molecule has 0 saturated carbocycles. The Morgan fingerprint density at radius 2 is 1.86 bits per heavy atom. The molecule has 0 bridgehead atoms. The molecule has 0 fully saturated rings. The Balaban J connectivity index is 2.29. The number of anilines is 1. The van der Waals surface area contributed by atoms with Crippen LogP contribution < -0.4 is 11.1 Å². The van der Waals surface area contributed by atoms with E-state index in [0.29, 0.717) is 30.9 Å². The first kappa shape index (κ1) is 16.2. The third kappa shape index (κ3) is 3.73. The number of nitrogens with one attached hydrogen (secondary N) is 1. The first-order valence-corrected chi connectivity index (χ1v) is 6.93. The molecule has 0 aliphatic carbocycles. The molecule has 22 heavy (non-hydrogen) atoms. The Morgan fingerprint density at radius 1 is 1.18 bits per heavy atom. The summed E-state index contributed by atoms with van der Waals surface area (Å²) in [5.74, 6) is 0.406. The Bertz CT molecular complexity index is 624. The normalized spacial score (nSPS) is 11.5. The zero-order valence-electron chi connectivity index (χ0n) is 12.1. The van der Waals surface area contributed by atoms with Crippen LogP contribution in [0.1, 0.15) is 18.2 Å². The number of aromatic nitrogens is 2. The standard InChI is InChI=1S/C15H17F3N4/c1-2-12-13(20-8-7-19)9-21-14(22-12)10-3-5-11(6-4-10)15(16,17)18/h3-6,9,20H,2,7-8,19H2,1H3. The summed E-state index contributed by atoms with van der Waals surface area (Å²) < 4.78 is 37.7. The summed E-state index contributed by atoms with van der Waals surface area (Å²) in [5, 5.41) is 3.12. The lowest BCUT2D eigenvalue weighted by Gasteiger charge is -2.11. The van der Waals surface area contributed by atoms with Gasteiger partial charge in [0.1, 0.15) is 0 Å². The average Bonchev–Trinajstić information content (AvgIpc) is 2.52. The second-order valence-corrected chi connectivity index (χ2v) is 4.70. The van der Waals surface area contributed by atoms with E-state index in [-0.39, 0.29) is 0 Å². The molecular weight excluding hydrogens is 293 g/mol. The fourth-order valence-corrected chi connectivity index (χ4v) is 1.99. The highest BCUT2D eigenvalue weighted by Crippen LogP contribution is 2.30. The van der Waals surface area contributed by atoms with Gasteiger partial charge in [-0.3, -0.25) is 0 Å². The summed E-state index contributed by atoms with van der Waals surface area (Å²) in [5.41, 5.74) is 6.90. The maximum absolute atomic E-state index is 12.6. The molecule has 0 amide bonds. The lowest BCUT2D eigenvalue weighted by atomic mass is 10.1. The Morgan fingerprint density at radius 3 is 2.41 bits per heavy atom. The molecule has 1 aromatic heterocycles. The van der Waals surface area contributed by atoms with Crippen LogP contribution >= 0.6 is 0 Å². The third-order valence-electron chi connectivity index (χ3n) is 3.13. The molecule has 2 aromatic rings. The van der Waals surface area contributed by atoms with Crippen molar-refractivity contribution in [2.45, 2.75) is 19.5 Å². The van der Waals surface area contributed by atoms with Crippen molar-refractivity contribution in [1.29, 1.82) is 0 Å². The zero-order chi connectivity index (χ0) is 16.2. The number of benzene rings is 1. The van der Waals surface area contributed by atoms with Gasteiger partial charge in [-0.2, -0.15) is 13.2 Å². The fraction of sp³-hybridized carbons (Fsp3) is 0.333. The van der Waals surface area contributed by atoms with E-state index in [2.05, 4.69) is 15.3 Å². The first-order valence-electron chi connectivity index (χ1n) is 6.93. The molecule has 1 aromatic carbocycles. The highest BCUT2D eigenvalue weighted by atomic mass is 19.4. The van der Waals surface area contributed by atoms with Crippen molar-refractivity contribution in [1.82, 2.24) is 9.97 Å². The highest BCUT2D eigenvalue weighted by Gasteiger charge is 2.30. The van der Waals surface area contributed by atoms with Crippen molar-refractivity contribution in [3.63, 3.8) is 0 Å². The quantitative estimate of drug-likeness (QED) is 0.891. The van der Waals surface area contributed by atoms with Crippen LogP contribution in [0.2, 0.25) is 0 Å². The molecule has 0 aliphatic rings. The van der Waals surface area contributed by atoms with Crippen LogP contribution in [-0.4, -0.2) is 23.1 Å². The summed E-state index contributed by atoms with van der Waals surface area (Å²) in [6.45, 7) is 3.05. The summed E-state index contributed by atoms with van der Waals surface area (Å²) in [6.07, 6.45) is -2.03. The van der Waals surface area contributed by atoms with Crippen LogP contribution in [0.25, 0.3) is 11.4 Å². The van der Waals surface area contributed by atoms with E-state index >= 15 is 0 Å². The van der Waals surface area contributed by atoms with Gasteiger partial charge in [0.2, 0.25) is 0 Å². The van der Waals surface area contributed by atoms with E-state index < -0.39 is 11.7 Å². The van der Waals surface area contributed by atoms with Gasteiger partial charge in [-0.25, -0.2) is 9.97 Å². The average molecular weight is 310 g/mol. The van der Waals surface area contributed by atoms with Crippen molar-refractivity contribution < 1.29 is 13.2 Å². The number of alkyl halides is 3. The minimum absolute atomic E-state index is 0.406. The minimum Gasteiger partial charge on any atom is -0.381 e. The van der Waals surface area contributed by atoms with Gasteiger partial charge in [-0.15, -0.1) is 0 Å². The van der Waals surface area contributed by atoms with Crippen LogP contribution in [0.5, 0.6) is 0 Å². The van der Waals surface area contributed by atoms with E-state index in [0.717, 1.165) is 23.5 Å². The second-order valence-electron chi connectivity index (χ2n) is 4.70. The van der Waals surface area contributed by atoms with Gasteiger partial charge in [-0.05, 0) is 18.6 Å². The smallest absolute Gasteiger partial charge is 0.381 e. The number of rotatable bonds is 5. The predicted octanol–water partition coefficient (Wildman–Crippen LogP) is 3.10. The minimum atomic E-state index is -4.34. The molecule has 0 saturated heterocycles. The molecule has 118 valence electrons. The molecule has 0 atom stereocenters. The van der Waals surface area contributed by atoms with E-state index in [4.69, 9.17) is 5.73 Å². The summed E-state index contributed by atoms with van der Waals surface area (Å²) in [6, 6.07) is 4.82. The second kappa shape index (κ2) is 6.74. The van der Waals surface area contributed by atoms with Gasteiger partial charge in [0.15, 0.2) is 5.82 Å². The fourth-order valence-electron chi connectivity index (χ4n) is 1.99. The molecule has 3 N–H and O–H groups in total. The van der Waals surface area contributed by atoms with Gasteiger partial charge in [-0.1, -0.05) is 19.1 Å². The van der Waals surface area contributed by atoms with E-state index in [1.807, 2.05) is 6.92 Å². The van der Waals surface area contributed by atoms with E-state index in [1.54, 1.807) is 6.20 Å². The number of nitrogens with two attached hydrogens (primary N) is 1. The van der Waals surface area contributed by atoms with Gasteiger partial charge < -0.3 is 11.1 Å². The van der Waals surface area contributed by atoms with Gasteiger partial charge in [0.25, 0.3) is 0 Å². The Kier molecular flexibility index (Phi) is 4.97. The van der Waals surface area contributed by atoms with Crippen molar-refractivity contribution >= 4 is 5.69 Å². The third-order valence-corrected chi connectivity index (χ3v) is 3.13. The molecule has 0 unspecified atom stereocenters. The molecular formula is C15H17F3N4. The van der Waals surface area contributed by atoms with Crippen molar-refractivity contribution in [2.75, 3.05) is 18.4 Å². The number of nitrogens with zero attached hydrogens (tertiary/aromatic N) is 2.